The van der Waals surface area contributed by atoms with Gasteiger partial charge in [0.2, 0.25) is 0 Å². The van der Waals surface area contributed by atoms with Crippen LogP contribution in [-0.2, 0) is 6.54 Å². The van der Waals surface area contributed by atoms with Crippen molar-refractivity contribution in [1.29, 1.82) is 5.26 Å². The maximum absolute atomic E-state index is 10.9. The van der Waals surface area contributed by atoms with Crippen molar-refractivity contribution in [1.82, 2.24) is 4.98 Å². The Morgan fingerprint density at radius 1 is 1.45 bits per heavy atom. The number of aromatic nitrogens is 1. The minimum atomic E-state index is -0.928. The Labute approximate surface area is 120 Å². The molecule has 2 aromatic rings. The minimum Gasteiger partial charge on any atom is -0.477 e. The summed E-state index contributed by atoms with van der Waals surface area (Å²) in [7, 11) is 0. The van der Waals surface area contributed by atoms with E-state index in [1.807, 2.05) is 17.0 Å². The van der Waals surface area contributed by atoms with E-state index in [4.69, 9.17) is 10.4 Å². The van der Waals surface area contributed by atoms with Crippen molar-refractivity contribution >= 4 is 22.3 Å². The highest BCUT2D eigenvalue weighted by molar-refractivity contribution is 7.17. The molecule has 0 saturated heterocycles. The lowest BCUT2D eigenvalue weighted by atomic mass is 10.2. The Hall–Kier alpha value is -2.39. The van der Waals surface area contributed by atoms with Crippen molar-refractivity contribution in [3.05, 3.63) is 47.1 Å². The highest BCUT2D eigenvalue weighted by Crippen LogP contribution is 2.27. The molecular formula is C14H13N3O2S. The number of nitrogens with zero attached hydrogens (tertiary/aromatic N) is 3. The van der Waals surface area contributed by atoms with E-state index in [2.05, 4.69) is 11.1 Å². The molecule has 0 fully saturated rings. The van der Waals surface area contributed by atoms with E-state index < -0.39 is 5.97 Å². The molecule has 1 N–H and O–H groups in total. The van der Waals surface area contributed by atoms with Crippen LogP contribution in [0.25, 0.3) is 0 Å². The highest BCUT2D eigenvalue weighted by atomic mass is 32.1. The average Bonchev–Trinajstić information content (AvgIpc) is 2.94. The molecule has 102 valence electrons. The second-order valence-corrected chi connectivity index (χ2v) is 5.20. The Morgan fingerprint density at radius 3 is 2.90 bits per heavy atom. The van der Waals surface area contributed by atoms with Gasteiger partial charge in [-0.2, -0.15) is 5.26 Å². The maximum atomic E-state index is 10.9. The molecule has 0 aliphatic heterocycles. The van der Waals surface area contributed by atoms with Gasteiger partial charge in [-0.25, -0.2) is 4.79 Å². The number of rotatable bonds is 6. The summed E-state index contributed by atoms with van der Waals surface area (Å²) in [5.74, 6) is -0.928. The number of hydrogen-bond acceptors (Lipinski definition) is 5. The number of thiophene rings is 1. The van der Waals surface area contributed by atoms with Crippen molar-refractivity contribution in [3.63, 3.8) is 0 Å². The quantitative estimate of drug-likeness (QED) is 0.884. The summed E-state index contributed by atoms with van der Waals surface area (Å²) in [5.41, 5.74) is 1.02. The van der Waals surface area contributed by atoms with Gasteiger partial charge in [0.15, 0.2) is 0 Å². The van der Waals surface area contributed by atoms with E-state index in [1.54, 1.807) is 24.5 Å². The molecule has 0 radical (unpaired) electrons. The summed E-state index contributed by atoms with van der Waals surface area (Å²) >= 11 is 1.22. The summed E-state index contributed by atoms with van der Waals surface area (Å²) in [5, 5.41) is 18.6. The first-order valence-electron chi connectivity index (χ1n) is 6.04. The smallest absolute Gasteiger partial charge is 0.345 e. The van der Waals surface area contributed by atoms with Crippen LogP contribution in [0, 0.1) is 11.3 Å². The predicted molar refractivity (Wildman–Crippen MR) is 76.8 cm³/mol. The zero-order chi connectivity index (χ0) is 14.4. The Balaban J connectivity index is 2.18. The van der Waals surface area contributed by atoms with Crippen LogP contribution in [0.5, 0.6) is 0 Å². The number of anilines is 1. The van der Waals surface area contributed by atoms with Gasteiger partial charge in [-0.1, -0.05) is 6.07 Å². The van der Waals surface area contributed by atoms with Gasteiger partial charge < -0.3 is 10.0 Å². The third kappa shape index (κ3) is 3.56. The van der Waals surface area contributed by atoms with Crippen LogP contribution >= 0.6 is 11.3 Å². The molecule has 6 heteroatoms. The third-order valence-corrected chi connectivity index (χ3v) is 3.84. The number of carboxylic acid groups (broad SMARTS) is 1. The summed E-state index contributed by atoms with van der Waals surface area (Å²) in [6.07, 6.45) is 3.86. The molecule has 0 spiro atoms. The molecule has 0 bridgehead atoms. The molecule has 20 heavy (non-hydrogen) atoms. The van der Waals surface area contributed by atoms with E-state index >= 15 is 0 Å². The lowest BCUT2D eigenvalue weighted by Crippen LogP contribution is -2.22. The monoisotopic (exact) mass is 287 g/mol. The molecule has 2 heterocycles. The van der Waals surface area contributed by atoms with Crippen LogP contribution in [0.1, 0.15) is 21.7 Å². The third-order valence-electron chi connectivity index (χ3n) is 2.70. The molecular weight excluding hydrogens is 274 g/mol. The second kappa shape index (κ2) is 6.68. The number of nitriles is 1. The fraction of sp³-hybridized carbons (Fsp3) is 0.214. The summed E-state index contributed by atoms with van der Waals surface area (Å²) in [4.78, 5) is 17.3. The second-order valence-electron chi connectivity index (χ2n) is 4.13. The number of carboxylic acids is 1. The summed E-state index contributed by atoms with van der Waals surface area (Å²) in [6.45, 7) is 1.17. The van der Waals surface area contributed by atoms with Gasteiger partial charge in [-0.05, 0) is 23.8 Å². The van der Waals surface area contributed by atoms with E-state index in [1.165, 1.54) is 11.3 Å². The molecule has 0 atom stereocenters. The number of hydrogen-bond donors (Lipinski definition) is 1. The van der Waals surface area contributed by atoms with Crippen molar-refractivity contribution in [3.8, 4) is 6.07 Å². The first kappa shape index (κ1) is 14.0. The predicted octanol–water partition coefficient (Wildman–Crippen LogP) is 2.76. The van der Waals surface area contributed by atoms with Gasteiger partial charge in [-0.15, -0.1) is 11.3 Å². The van der Waals surface area contributed by atoms with Crippen molar-refractivity contribution in [2.75, 3.05) is 11.4 Å². The van der Waals surface area contributed by atoms with Crippen molar-refractivity contribution < 1.29 is 9.90 Å². The van der Waals surface area contributed by atoms with E-state index in [0.717, 1.165) is 10.6 Å². The fourth-order valence-corrected chi connectivity index (χ4v) is 2.65. The summed E-state index contributed by atoms with van der Waals surface area (Å²) < 4.78 is 0. The Morgan fingerprint density at radius 2 is 2.30 bits per heavy atom. The van der Waals surface area contributed by atoms with Crippen LogP contribution in [0.4, 0.5) is 5.00 Å². The highest BCUT2D eigenvalue weighted by Gasteiger charge is 2.13. The topological polar surface area (TPSA) is 77.2 Å². The molecule has 2 rings (SSSR count). The first-order valence-corrected chi connectivity index (χ1v) is 6.86. The van der Waals surface area contributed by atoms with Crippen molar-refractivity contribution in [2.24, 2.45) is 0 Å². The summed E-state index contributed by atoms with van der Waals surface area (Å²) in [6, 6.07) is 9.29. The SMILES string of the molecule is N#CCCN(Cc1cccnc1)c1ccc(C(=O)O)s1. The van der Waals surface area contributed by atoms with Crippen molar-refractivity contribution in [2.45, 2.75) is 13.0 Å². The van der Waals surface area contributed by atoms with E-state index in [9.17, 15) is 4.79 Å². The molecule has 0 unspecified atom stereocenters. The molecule has 0 aliphatic rings. The van der Waals surface area contributed by atoms with Gasteiger partial charge in [0.05, 0.1) is 17.5 Å². The minimum absolute atomic E-state index is 0.299. The molecule has 0 saturated carbocycles. The van der Waals surface area contributed by atoms with Crippen LogP contribution < -0.4 is 4.90 Å². The van der Waals surface area contributed by atoms with Crippen LogP contribution in [0.2, 0.25) is 0 Å². The zero-order valence-corrected chi connectivity index (χ0v) is 11.5. The van der Waals surface area contributed by atoms with E-state index in [0.29, 0.717) is 24.4 Å². The van der Waals surface area contributed by atoms with Gasteiger partial charge in [0.25, 0.3) is 0 Å². The number of carbonyl (C=O) groups is 1. The van der Waals surface area contributed by atoms with Gasteiger partial charge in [0.1, 0.15) is 4.88 Å². The zero-order valence-electron chi connectivity index (χ0n) is 10.7. The Kier molecular flexibility index (Phi) is 4.69. The lowest BCUT2D eigenvalue weighted by Gasteiger charge is -2.21. The number of pyridine rings is 1. The fourth-order valence-electron chi connectivity index (χ4n) is 1.78. The standard InChI is InChI=1S/C14H13N3O2S/c15-6-2-8-17(10-11-3-1-7-16-9-11)13-5-4-12(20-13)14(18)19/h1,3-5,7,9H,2,8,10H2,(H,18,19). The molecule has 2 aromatic heterocycles. The average molecular weight is 287 g/mol. The van der Waals surface area contributed by atoms with Gasteiger partial charge >= 0.3 is 5.97 Å². The van der Waals surface area contributed by atoms with Crippen LogP contribution in [0.15, 0.2) is 36.7 Å². The largest absolute Gasteiger partial charge is 0.477 e. The van der Waals surface area contributed by atoms with E-state index in [-0.39, 0.29) is 0 Å². The Bertz CT molecular complexity index is 619. The van der Waals surface area contributed by atoms with Crippen LogP contribution in [0.3, 0.4) is 0 Å². The molecule has 0 aromatic carbocycles. The van der Waals surface area contributed by atoms with Crippen LogP contribution in [-0.4, -0.2) is 22.6 Å². The normalized spacial score (nSPS) is 9.95. The maximum Gasteiger partial charge on any atom is 0.345 e. The molecule has 0 aliphatic carbocycles. The molecule has 5 nitrogen and oxygen atoms in total. The van der Waals surface area contributed by atoms with Gasteiger partial charge in [0, 0.05) is 25.5 Å². The molecule has 0 amide bonds. The lowest BCUT2D eigenvalue weighted by molar-refractivity contribution is 0.0702. The van der Waals surface area contributed by atoms with Gasteiger partial charge in [-0.3, -0.25) is 4.98 Å². The first-order chi connectivity index (χ1) is 9.70. The number of aromatic carboxylic acids is 1.